The highest BCUT2D eigenvalue weighted by Crippen LogP contribution is 2.23. The van der Waals surface area contributed by atoms with Crippen molar-refractivity contribution in [3.8, 4) is 11.3 Å². The van der Waals surface area contributed by atoms with Crippen LogP contribution in [0.4, 0.5) is 10.5 Å². The van der Waals surface area contributed by atoms with Gasteiger partial charge in [0.15, 0.2) is 0 Å². The minimum Gasteiger partial charge on any atom is -0.448 e. The minimum atomic E-state index is -0.502. The van der Waals surface area contributed by atoms with Gasteiger partial charge in [0.2, 0.25) is 0 Å². The third-order valence-electron chi connectivity index (χ3n) is 2.36. The van der Waals surface area contributed by atoms with Gasteiger partial charge in [-0.1, -0.05) is 12.1 Å². The van der Waals surface area contributed by atoms with Gasteiger partial charge in [-0.2, -0.15) is 0 Å². The van der Waals surface area contributed by atoms with Crippen LogP contribution in [0.5, 0.6) is 0 Å². The number of benzene rings is 1. The molecule has 1 amide bonds. The molecule has 1 N–H and O–H groups in total. The van der Waals surface area contributed by atoms with E-state index in [4.69, 9.17) is 16.3 Å². The highest BCUT2D eigenvalue weighted by Gasteiger charge is 2.04. The molecule has 0 bridgehead atoms. The maximum absolute atomic E-state index is 11.3. The zero-order valence-electron chi connectivity index (χ0n) is 10.4. The van der Waals surface area contributed by atoms with E-state index >= 15 is 0 Å². The number of aryl methyl sites for hydroxylation is 1. The smallest absolute Gasteiger partial charge is 0.411 e. The first kappa shape index (κ1) is 13.8. The maximum atomic E-state index is 11.3. The molecule has 0 aliphatic rings. The third-order valence-corrected chi connectivity index (χ3v) is 3.28. The second-order valence-corrected chi connectivity index (χ2v) is 5.22. The Labute approximate surface area is 120 Å². The molecule has 19 heavy (non-hydrogen) atoms. The lowest BCUT2D eigenvalue weighted by Gasteiger charge is -2.06. The zero-order valence-corrected chi connectivity index (χ0v) is 11.9. The predicted octanol–water partition coefficient (Wildman–Crippen LogP) is 3.91. The minimum absolute atomic E-state index is 0.198. The molecule has 0 aliphatic heterocycles. The van der Waals surface area contributed by atoms with Crippen LogP contribution in [0, 0.1) is 6.92 Å². The molecule has 1 aromatic heterocycles. The SMILES string of the molecule is Cc1nc(-c2ccc(NC(=O)OCCCl)cc2)cs1. The van der Waals surface area contributed by atoms with Gasteiger partial charge in [0.1, 0.15) is 6.61 Å². The van der Waals surface area contributed by atoms with Crippen molar-refractivity contribution in [3.05, 3.63) is 34.7 Å². The quantitative estimate of drug-likeness (QED) is 0.870. The van der Waals surface area contributed by atoms with Crippen LogP contribution in [0.25, 0.3) is 11.3 Å². The molecule has 1 aromatic carbocycles. The molecule has 0 atom stereocenters. The van der Waals surface area contributed by atoms with E-state index in [-0.39, 0.29) is 12.5 Å². The van der Waals surface area contributed by atoms with E-state index in [1.807, 2.05) is 36.6 Å². The van der Waals surface area contributed by atoms with Crippen molar-refractivity contribution in [1.29, 1.82) is 0 Å². The first-order valence-electron chi connectivity index (χ1n) is 5.71. The number of halogens is 1. The number of hydrogen-bond acceptors (Lipinski definition) is 4. The predicted molar refractivity (Wildman–Crippen MR) is 78.0 cm³/mol. The van der Waals surface area contributed by atoms with Crippen molar-refractivity contribution in [2.24, 2.45) is 0 Å². The first-order chi connectivity index (χ1) is 9.19. The second kappa shape index (κ2) is 6.54. The van der Waals surface area contributed by atoms with Crippen LogP contribution in [0.1, 0.15) is 5.01 Å². The van der Waals surface area contributed by atoms with Crippen molar-refractivity contribution in [2.45, 2.75) is 6.92 Å². The number of nitrogens with one attached hydrogen (secondary N) is 1. The number of thiazole rings is 1. The Morgan fingerprint density at radius 3 is 2.74 bits per heavy atom. The van der Waals surface area contributed by atoms with Gasteiger partial charge >= 0.3 is 6.09 Å². The number of carbonyl (C=O) groups is 1. The van der Waals surface area contributed by atoms with E-state index in [9.17, 15) is 4.79 Å². The molecular weight excluding hydrogens is 284 g/mol. The number of rotatable bonds is 4. The lowest BCUT2D eigenvalue weighted by Crippen LogP contribution is -2.14. The summed E-state index contributed by atoms with van der Waals surface area (Å²) in [5, 5.41) is 5.66. The molecule has 0 radical (unpaired) electrons. The summed E-state index contributed by atoms with van der Waals surface area (Å²) in [6, 6.07) is 7.44. The Balaban J connectivity index is 2.00. The fraction of sp³-hybridized carbons (Fsp3) is 0.231. The molecule has 0 saturated carbocycles. The summed E-state index contributed by atoms with van der Waals surface area (Å²) in [5.74, 6) is 0.287. The summed E-state index contributed by atoms with van der Waals surface area (Å²) in [5.41, 5.74) is 2.64. The van der Waals surface area contributed by atoms with Crippen LogP contribution in [-0.4, -0.2) is 23.6 Å². The summed E-state index contributed by atoms with van der Waals surface area (Å²) in [6.07, 6.45) is -0.502. The molecule has 0 unspecified atom stereocenters. The Bertz CT molecular complexity index is 554. The van der Waals surface area contributed by atoms with Crippen molar-refractivity contribution >= 4 is 34.7 Å². The molecule has 100 valence electrons. The molecule has 0 aliphatic carbocycles. The van der Waals surface area contributed by atoms with Crippen molar-refractivity contribution in [3.63, 3.8) is 0 Å². The number of hydrogen-bond donors (Lipinski definition) is 1. The summed E-state index contributed by atoms with van der Waals surface area (Å²) in [7, 11) is 0. The van der Waals surface area contributed by atoms with Gasteiger partial charge in [-0.3, -0.25) is 5.32 Å². The summed E-state index contributed by atoms with van der Waals surface area (Å²) < 4.78 is 4.82. The molecule has 1 heterocycles. The van der Waals surface area contributed by atoms with Crippen LogP contribution >= 0.6 is 22.9 Å². The van der Waals surface area contributed by atoms with E-state index in [1.54, 1.807) is 11.3 Å². The van der Waals surface area contributed by atoms with Crippen LogP contribution in [-0.2, 0) is 4.74 Å². The number of carbonyl (C=O) groups excluding carboxylic acids is 1. The summed E-state index contributed by atoms with van der Waals surface area (Å²) in [4.78, 5) is 15.7. The van der Waals surface area contributed by atoms with Gasteiger partial charge in [0.25, 0.3) is 0 Å². The normalized spacial score (nSPS) is 10.2. The number of amides is 1. The maximum Gasteiger partial charge on any atom is 0.411 e. The molecular formula is C13H13ClN2O2S. The average Bonchev–Trinajstić information content (AvgIpc) is 2.84. The third kappa shape index (κ3) is 3.94. The van der Waals surface area contributed by atoms with Gasteiger partial charge < -0.3 is 4.74 Å². The number of aromatic nitrogens is 1. The van der Waals surface area contributed by atoms with Crippen LogP contribution in [0.2, 0.25) is 0 Å². The number of nitrogens with zero attached hydrogens (tertiary/aromatic N) is 1. The molecule has 2 rings (SSSR count). The average molecular weight is 297 g/mol. The molecule has 4 nitrogen and oxygen atoms in total. The van der Waals surface area contributed by atoms with Crippen LogP contribution < -0.4 is 5.32 Å². The summed E-state index contributed by atoms with van der Waals surface area (Å²) in [6.45, 7) is 2.17. The number of anilines is 1. The number of ether oxygens (including phenoxy) is 1. The fourth-order valence-electron chi connectivity index (χ4n) is 1.51. The topological polar surface area (TPSA) is 51.2 Å². The molecule has 0 saturated heterocycles. The van der Waals surface area contributed by atoms with E-state index in [0.29, 0.717) is 5.69 Å². The standard InChI is InChI=1S/C13H13ClN2O2S/c1-9-15-12(8-19-9)10-2-4-11(5-3-10)16-13(17)18-7-6-14/h2-5,8H,6-7H2,1H3,(H,16,17). The molecule has 6 heteroatoms. The van der Waals surface area contributed by atoms with Gasteiger partial charge in [-0.05, 0) is 19.1 Å². The van der Waals surface area contributed by atoms with Crippen molar-refractivity contribution < 1.29 is 9.53 Å². The van der Waals surface area contributed by atoms with Crippen LogP contribution in [0.3, 0.4) is 0 Å². The number of alkyl halides is 1. The van der Waals surface area contributed by atoms with Crippen LogP contribution in [0.15, 0.2) is 29.6 Å². The van der Waals surface area contributed by atoms with E-state index < -0.39 is 6.09 Å². The van der Waals surface area contributed by atoms with Gasteiger partial charge in [0, 0.05) is 16.6 Å². The summed E-state index contributed by atoms with van der Waals surface area (Å²) >= 11 is 7.04. The van der Waals surface area contributed by atoms with Gasteiger partial charge in [0.05, 0.1) is 16.6 Å². The van der Waals surface area contributed by atoms with Crippen molar-refractivity contribution in [1.82, 2.24) is 4.98 Å². The van der Waals surface area contributed by atoms with Gasteiger partial charge in [-0.15, -0.1) is 22.9 Å². The lowest BCUT2D eigenvalue weighted by molar-refractivity contribution is 0.168. The van der Waals surface area contributed by atoms with E-state index in [1.165, 1.54) is 0 Å². The van der Waals surface area contributed by atoms with E-state index in [0.717, 1.165) is 16.3 Å². The Kier molecular flexibility index (Phi) is 4.76. The van der Waals surface area contributed by atoms with Crippen molar-refractivity contribution in [2.75, 3.05) is 17.8 Å². The molecule has 2 aromatic rings. The largest absolute Gasteiger partial charge is 0.448 e. The Hall–Kier alpha value is -1.59. The molecule has 0 fully saturated rings. The molecule has 0 spiro atoms. The van der Waals surface area contributed by atoms with E-state index in [2.05, 4.69) is 10.3 Å². The lowest BCUT2D eigenvalue weighted by atomic mass is 10.1. The van der Waals surface area contributed by atoms with Gasteiger partial charge in [-0.25, -0.2) is 9.78 Å². The Morgan fingerprint density at radius 1 is 1.42 bits per heavy atom. The monoisotopic (exact) mass is 296 g/mol. The highest BCUT2D eigenvalue weighted by atomic mass is 35.5. The fourth-order valence-corrected chi connectivity index (χ4v) is 2.20. The Morgan fingerprint density at radius 2 is 2.16 bits per heavy atom. The second-order valence-electron chi connectivity index (χ2n) is 3.78. The zero-order chi connectivity index (χ0) is 13.7. The highest BCUT2D eigenvalue weighted by molar-refractivity contribution is 7.09. The first-order valence-corrected chi connectivity index (χ1v) is 7.13.